The van der Waals surface area contributed by atoms with Crippen LogP contribution in [0.2, 0.25) is 13.1 Å². The van der Waals surface area contributed by atoms with Crippen molar-refractivity contribution in [2.75, 3.05) is 0 Å². The smallest absolute Gasteiger partial charge is 0.485 e. The van der Waals surface area contributed by atoms with Gasteiger partial charge in [-0.1, -0.05) is 0 Å². The van der Waals surface area contributed by atoms with Crippen LogP contribution in [0.3, 0.4) is 0 Å². The van der Waals surface area contributed by atoms with Crippen LogP contribution in [0.4, 0.5) is 26.3 Å². The molecule has 0 amide bonds. The fourth-order valence-corrected chi connectivity index (χ4v) is 9.55. The Kier molecular flexibility index (Phi) is 19.8. The van der Waals surface area contributed by atoms with E-state index in [2.05, 4.69) is 51.2 Å². The molecule has 0 saturated heterocycles. The molecule has 0 radical (unpaired) electrons. The van der Waals surface area contributed by atoms with E-state index < -0.39 is 31.3 Å². The van der Waals surface area contributed by atoms with Crippen LogP contribution < -0.4 is 0 Å². The van der Waals surface area contributed by atoms with Crippen molar-refractivity contribution in [3.05, 3.63) is 48.6 Å². The van der Waals surface area contributed by atoms with Crippen LogP contribution in [0.5, 0.6) is 0 Å². The first-order valence-corrected chi connectivity index (χ1v) is 18.7. The van der Waals surface area contributed by atoms with Gasteiger partial charge in [0.05, 0.1) is 0 Å². The van der Waals surface area contributed by atoms with Gasteiger partial charge in [-0.05, 0) is 0 Å². The third kappa shape index (κ3) is 27.5. The molecule has 0 unspecified atom stereocenters. The molecule has 0 atom stereocenters. The van der Waals surface area contributed by atoms with Crippen LogP contribution in [0.15, 0.2) is 36.5 Å². The fraction of sp³-hybridized carbons (Fsp3) is 0.471. The van der Waals surface area contributed by atoms with Crippen molar-refractivity contribution < 1.29 is 73.7 Å². The van der Waals surface area contributed by atoms with E-state index in [4.69, 9.17) is 25.9 Å². The predicted octanol–water partition coefficient (Wildman–Crippen LogP) is 4.25. The molecular formula is C17H22F6O6S2SiZr-4. The third-order valence-electron chi connectivity index (χ3n) is 2.24. The molecule has 0 spiro atoms. The Hall–Kier alpha value is -0.670. The molecular weight excluding hydrogens is 598 g/mol. The third-order valence-corrected chi connectivity index (χ3v) is 11.7. The van der Waals surface area contributed by atoms with Crippen molar-refractivity contribution in [3.8, 4) is 0 Å². The van der Waals surface area contributed by atoms with E-state index in [9.17, 15) is 26.3 Å². The Labute approximate surface area is 201 Å². The average Bonchev–Trinajstić information content (AvgIpc) is 3.30. The van der Waals surface area contributed by atoms with Crippen LogP contribution in [0.25, 0.3) is 0 Å². The summed E-state index contributed by atoms with van der Waals surface area (Å²) in [6.07, 6.45) is 20.0. The number of hydrogen-bond donors (Lipinski definition) is 0. The Bertz CT molecular complexity index is 868. The molecule has 0 aromatic rings. The van der Waals surface area contributed by atoms with Gasteiger partial charge in [0.1, 0.15) is 0 Å². The molecule has 33 heavy (non-hydrogen) atoms. The van der Waals surface area contributed by atoms with Crippen molar-refractivity contribution in [2.24, 2.45) is 0 Å². The largest absolute Gasteiger partial charge is 0.741 e. The molecule has 0 saturated carbocycles. The Balaban J connectivity index is -0.000000344. The van der Waals surface area contributed by atoms with Gasteiger partial charge in [-0.15, -0.1) is 12.8 Å². The van der Waals surface area contributed by atoms with E-state index in [0.717, 1.165) is 12.8 Å². The maximum atomic E-state index is 10.7. The molecule has 0 fully saturated rings. The second-order valence-corrected chi connectivity index (χ2v) is 22.6. The molecule has 6 nitrogen and oxygen atoms in total. The minimum atomic E-state index is -6.09. The second kappa shape index (κ2) is 17.7. The van der Waals surface area contributed by atoms with Gasteiger partial charge < -0.3 is 9.11 Å². The first-order chi connectivity index (χ1) is 14.6. The molecule has 16 heteroatoms. The van der Waals surface area contributed by atoms with Crippen molar-refractivity contribution in [2.45, 2.75) is 50.8 Å². The van der Waals surface area contributed by atoms with Gasteiger partial charge in [0.15, 0.2) is 20.2 Å². The van der Waals surface area contributed by atoms with E-state index in [1.165, 1.54) is 0 Å². The van der Waals surface area contributed by atoms with E-state index in [1.807, 2.05) is 24.3 Å². The van der Waals surface area contributed by atoms with Gasteiger partial charge in [0.2, 0.25) is 0 Å². The Morgan fingerprint density at radius 3 is 1.12 bits per heavy atom. The molecule has 0 N–H and O–H groups in total. The van der Waals surface area contributed by atoms with Crippen LogP contribution in [0.1, 0.15) is 26.7 Å². The predicted molar refractivity (Wildman–Crippen MR) is 108 cm³/mol. The summed E-state index contributed by atoms with van der Waals surface area (Å²) in [7, 11) is -12.2. The van der Waals surface area contributed by atoms with Gasteiger partial charge in [0, 0.05) is 0 Å². The van der Waals surface area contributed by atoms with E-state index in [0.29, 0.717) is 0 Å². The molecule has 2 rings (SSSR count). The quantitative estimate of drug-likeness (QED) is 0.132. The molecule has 0 bridgehead atoms. The summed E-state index contributed by atoms with van der Waals surface area (Å²) in [4.78, 5) is 0. The van der Waals surface area contributed by atoms with Crippen molar-refractivity contribution in [1.29, 1.82) is 0 Å². The molecule has 2 aliphatic rings. The van der Waals surface area contributed by atoms with E-state index >= 15 is 0 Å². The molecule has 0 heterocycles. The van der Waals surface area contributed by atoms with Crippen molar-refractivity contribution in [3.63, 3.8) is 0 Å². The summed E-state index contributed by atoms with van der Waals surface area (Å²) in [5, 5.41) is 0. The summed E-state index contributed by atoms with van der Waals surface area (Å²) in [6, 6.07) is 0. The molecule has 0 aromatic carbocycles. The second-order valence-electron chi connectivity index (χ2n) is 5.93. The van der Waals surface area contributed by atoms with Gasteiger partial charge in [0.25, 0.3) is 0 Å². The zero-order chi connectivity index (χ0) is 26.9. The zero-order valence-corrected chi connectivity index (χ0v) is 23.0. The summed E-state index contributed by atoms with van der Waals surface area (Å²) in [5.41, 5.74) is -11.1. The first kappa shape index (κ1) is 36.9. The van der Waals surface area contributed by atoms with Crippen LogP contribution >= 0.6 is 0 Å². The number of halogens is 6. The Morgan fingerprint density at radius 2 is 1.09 bits per heavy atom. The number of alkyl halides is 6. The maximum absolute atomic E-state index is 10.7. The Morgan fingerprint density at radius 1 is 0.818 bits per heavy atom. The summed E-state index contributed by atoms with van der Waals surface area (Å²) >= 11 is 0.0574. The van der Waals surface area contributed by atoms with Crippen LogP contribution in [-0.2, 0) is 41.6 Å². The van der Waals surface area contributed by atoms with Gasteiger partial charge in [-0.2, -0.15) is 38.5 Å². The van der Waals surface area contributed by atoms with Gasteiger partial charge >= 0.3 is 68.0 Å². The molecule has 0 aromatic heterocycles. The SMILES string of the molecule is C[C](C)=[Zr]=[Si](C)C.O=S(=O)([O-])C(F)(F)F.O=S(=O)([O-])C(F)(F)F.[C-]1=CC=CC1.[C-]1=CC=CC1. The summed E-state index contributed by atoms with van der Waals surface area (Å²) in [6.45, 7) is 9.40. The average molecular weight is 620 g/mol. The van der Waals surface area contributed by atoms with Gasteiger partial charge in [-0.25, -0.2) is 41.1 Å². The molecule has 0 aliphatic heterocycles. The maximum Gasteiger partial charge on any atom is 0.485 e. The monoisotopic (exact) mass is 618 g/mol. The molecule has 2 aliphatic carbocycles. The fourth-order valence-electron chi connectivity index (χ4n) is 1.18. The minimum absolute atomic E-state index is 0.0574. The van der Waals surface area contributed by atoms with E-state index in [-0.39, 0.29) is 26.8 Å². The molecule has 192 valence electrons. The number of hydrogen-bond acceptors (Lipinski definition) is 6. The van der Waals surface area contributed by atoms with E-state index in [1.54, 1.807) is 3.21 Å². The number of allylic oxidation sites excluding steroid dienone is 8. The minimum Gasteiger partial charge on any atom is -0.741 e. The number of rotatable bonds is 0. The van der Waals surface area contributed by atoms with Crippen LogP contribution in [0, 0.1) is 12.2 Å². The normalized spacial score (nSPS) is 13.7. The topological polar surface area (TPSA) is 114 Å². The summed E-state index contributed by atoms with van der Waals surface area (Å²) in [5.74, 6) is 0. The first-order valence-electron chi connectivity index (χ1n) is 8.48. The summed E-state index contributed by atoms with van der Waals surface area (Å²) < 4.78 is 120. The van der Waals surface area contributed by atoms with Crippen molar-refractivity contribution >= 4 is 28.9 Å². The zero-order valence-electron chi connectivity index (χ0n) is 17.9. The standard InChI is InChI=1S/2C5H5.C3H6.C2H6Si.2CHF3O3S.Zr/c2*1-2-4-5-3-1;2*1-3-2;2*2-1(3,4)8(5,6)7;/h2*1-3H,4H2;2*1-2H3;2*(H,5,6,7);/q2*-1;;;;;/p-2. The van der Waals surface area contributed by atoms with Crippen molar-refractivity contribution in [1.82, 2.24) is 0 Å². The van der Waals surface area contributed by atoms with Crippen LogP contribution in [-0.4, -0.2) is 45.6 Å². The van der Waals surface area contributed by atoms with Gasteiger partial charge in [-0.3, -0.25) is 12.2 Å².